The van der Waals surface area contributed by atoms with Crippen molar-refractivity contribution in [3.05, 3.63) is 23.8 Å². The van der Waals surface area contributed by atoms with Gasteiger partial charge in [-0.3, -0.25) is 0 Å². The molecule has 102 valence electrons. The maximum absolute atomic E-state index is 12.5. The van der Waals surface area contributed by atoms with Gasteiger partial charge in [0.25, 0.3) is 0 Å². The topological polar surface area (TPSA) is 63.4 Å². The number of nitrogen functional groups attached to an aromatic ring is 1. The lowest BCUT2D eigenvalue weighted by Crippen LogP contribution is -2.34. The summed E-state index contributed by atoms with van der Waals surface area (Å²) in [7, 11) is -3.49. The summed E-state index contributed by atoms with van der Waals surface area (Å²) in [5, 5.41) is 0. The molecule has 0 heterocycles. The van der Waals surface area contributed by atoms with Gasteiger partial charge in [-0.05, 0) is 30.5 Å². The third-order valence-electron chi connectivity index (χ3n) is 2.70. The zero-order valence-corrected chi connectivity index (χ0v) is 12.3. The standard InChI is InChI=1S/C13H22N2O2S/c1-5-15(9-10(2)3)18(16,17)13-7-6-11(4)8-12(13)14/h6-8,10H,5,9,14H2,1-4H3. The lowest BCUT2D eigenvalue weighted by molar-refractivity contribution is 0.381. The van der Waals surface area contributed by atoms with Gasteiger partial charge in [0.15, 0.2) is 0 Å². The number of aryl methyl sites for hydroxylation is 1. The van der Waals surface area contributed by atoms with Crippen LogP contribution in [0.15, 0.2) is 23.1 Å². The van der Waals surface area contributed by atoms with E-state index in [1.54, 1.807) is 18.2 Å². The molecule has 0 amide bonds. The lowest BCUT2D eigenvalue weighted by atomic mass is 10.2. The molecule has 0 saturated carbocycles. The molecule has 18 heavy (non-hydrogen) atoms. The number of nitrogens with zero attached hydrogens (tertiary/aromatic N) is 1. The second kappa shape index (κ2) is 5.71. The van der Waals surface area contributed by atoms with Crippen molar-refractivity contribution in [1.82, 2.24) is 4.31 Å². The molecule has 0 spiro atoms. The maximum atomic E-state index is 12.5. The van der Waals surface area contributed by atoms with Crippen molar-refractivity contribution in [2.75, 3.05) is 18.8 Å². The van der Waals surface area contributed by atoms with E-state index in [9.17, 15) is 8.42 Å². The molecule has 0 aliphatic carbocycles. The largest absolute Gasteiger partial charge is 0.398 e. The van der Waals surface area contributed by atoms with Crippen LogP contribution in [0.4, 0.5) is 5.69 Å². The van der Waals surface area contributed by atoms with Gasteiger partial charge in [-0.1, -0.05) is 26.8 Å². The van der Waals surface area contributed by atoms with Crippen LogP contribution in [0.5, 0.6) is 0 Å². The van der Waals surface area contributed by atoms with Gasteiger partial charge >= 0.3 is 0 Å². The van der Waals surface area contributed by atoms with Crippen molar-refractivity contribution in [1.29, 1.82) is 0 Å². The Hall–Kier alpha value is -1.07. The minimum absolute atomic E-state index is 0.204. The molecule has 0 atom stereocenters. The maximum Gasteiger partial charge on any atom is 0.245 e. The fourth-order valence-corrected chi connectivity index (χ4v) is 3.56. The van der Waals surface area contributed by atoms with Gasteiger partial charge in [-0.25, -0.2) is 8.42 Å². The average Bonchev–Trinajstić information content (AvgIpc) is 2.24. The van der Waals surface area contributed by atoms with Crippen molar-refractivity contribution >= 4 is 15.7 Å². The van der Waals surface area contributed by atoms with Gasteiger partial charge in [0.2, 0.25) is 10.0 Å². The Kier molecular flexibility index (Phi) is 4.76. The fraction of sp³-hybridized carbons (Fsp3) is 0.538. The van der Waals surface area contributed by atoms with Crippen LogP contribution in [-0.2, 0) is 10.0 Å². The molecular weight excluding hydrogens is 248 g/mol. The van der Waals surface area contributed by atoms with Crippen LogP contribution in [0.2, 0.25) is 0 Å². The van der Waals surface area contributed by atoms with Crippen molar-refractivity contribution in [2.45, 2.75) is 32.6 Å². The molecule has 0 unspecified atom stereocenters. The minimum atomic E-state index is -3.49. The van der Waals surface area contributed by atoms with Crippen molar-refractivity contribution < 1.29 is 8.42 Å². The number of benzene rings is 1. The quantitative estimate of drug-likeness (QED) is 0.835. The Bertz CT molecular complexity index is 510. The summed E-state index contributed by atoms with van der Waals surface area (Å²) in [6, 6.07) is 5.05. The summed E-state index contributed by atoms with van der Waals surface area (Å²) < 4.78 is 26.4. The van der Waals surface area contributed by atoms with E-state index in [1.807, 2.05) is 27.7 Å². The van der Waals surface area contributed by atoms with E-state index in [4.69, 9.17) is 5.73 Å². The van der Waals surface area contributed by atoms with Gasteiger partial charge in [-0.2, -0.15) is 4.31 Å². The first-order valence-corrected chi connectivity index (χ1v) is 7.59. The summed E-state index contributed by atoms with van der Waals surface area (Å²) in [6.07, 6.45) is 0. The summed E-state index contributed by atoms with van der Waals surface area (Å²) >= 11 is 0. The summed E-state index contributed by atoms with van der Waals surface area (Å²) in [4.78, 5) is 0.204. The number of sulfonamides is 1. The Balaban J connectivity index is 3.19. The number of hydrogen-bond acceptors (Lipinski definition) is 3. The van der Waals surface area contributed by atoms with Crippen LogP contribution < -0.4 is 5.73 Å². The molecule has 2 N–H and O–H groups in total. The molecule has 0 saturated heterocycles. The first-order valence-electron chi connectivity index (χ1n) is 6.15. The molecule has 1 aromatic rings. The fourth-order valence-electron chi connectivity index (χ4n) is 1.85. The molecule has 0 bridgehead atoms. The van der Waals surface area contributed by atoms with Crippen molar-refractivity contribution in [3.8, 4) is 0 Å². The molecule has 1 rings (SSSR count). The van der Waals surface area contributed by atoms with E-state index in [1.165, 1.54) is 4.31 Å². The summed E-state index contributed by atoms with van der Waals surface area (Å²) in [5.74, 6) is 0.284. The highest BCUT2D eigenvalue weighted by molar-refractivity contribution is 7.89. The molecule has 1 aromatic carbocycles. The Morgan fingerprint density at radius 1 is 1.33 bits per heavy atom. The normalized spacial score (nSPS) is 12.3. The number of hydrogen-bond donors (Lipinski definition) is 1. The molecular formula is C13H22N2O2S. The van der Waals surface area contributed by atoms with Crippen LogP contribution in [0.3, 0.4) is 0 Å². The van der Waals surface area contributed by atoms with Gasteiger partial charge < -0.3 is 5.73 Å². The highest BCUT2D eigenvalue weighted by atomic mass is 32.2. The van der Waals surface area contributed by atoms with E-state index in [2.05, 4.69) is 0 Å². The monoisotopic (exact) mass is 270 g/mol. The second-order valence-corrected chi connectivity index (χ2v) is 6.80. The highest BCUT2D eigenvalue weighted by Gasteiger charge is 2.25. The van der Waals surface area contributed by atoms with E-state index in [0.717, 1.165) is 5.56 Å². The predicted molar refractivity (Wildman–Crippen MR) is 74.9 cm³/mol. The first-order chi connectivity index (χ1) is 8.28. The van der Waals surface area contributed by atoms with Crippen LogP contribution >= 0.6 is 0 Å². The van der Waals surface area contributed by atoms with Gasteiger partial charge in [0.05, 0.1) is 5.69 Å². The van der Waals surface area contributed by atoms with E-state index >= 15 is 0 Å². The zero-order chi connectivity index (χ0) is 13.9. The predicted octanol–water partition coefficient (Wildman–Crippen LogP) is 2.24. The van der Waals surface area contributed by atoms with Gasteiger partial charge in [0.1, 0.15) is 4.90 Å². The van der Waals surface area contributed by atoms with Gasteiger partial charge in [0, 0.05) is 13.1 Å². The minimum Gasteiger partial charge on any atom is -0.398 e. The van der Waals surface area contributed by atoms with Crippen molar-refractivity contribution in [2.24, 2.45) is 5.92 Å². The second-order valence-electron chi connectivity index (χ2n) is 4.89. The van der Waals surface area contributed by atoms with E-state index in [-0.39, 0.29) is 10.8 Å². The summed E-state index contributed by atoms with van der Waals surface area (Å²) in [5.41, 5.74) is 7.10. The van der Waals surface area contributed by atoms with Crippen LogP contribution in [-0.4, -0.2) is 25.8 Å². The van der Waals surface area contributed by atoms with Crippen LogP contribution in [0.25, 0.3) is 0 Å². The van der Waals surface area contributed by atoms with E-state index in [0.29, 0.717) is 18.8 Å². The van der Waals surface area contributed by atoms with Gasteiger partial charge in [-0.15, -0.1) is 0 Å². The average molecular weight is 270 g/mol. The number of rotatable bonds is 5. The third kappa shape index (κ3) is 3.23. The van der Waals surface area contributed by atoms with Crippen LogP contribution in [0.1, 0.15) is 26.3 Å². The summed E-state index contributed by atoms with van der Waals surface area (Å²) in [6.45, 7) is 8.68. The molecule has 4 nitrogen and oxygen atoms in total. The highest BCUT2D eigenvalue weighted by Crippen LogP contribution is 2.23. The molecule has 0 fully saturated rings. The SMILES string of the molecule is CCN(CC(C)C)S(=O)(=O)c1ccc(C)cc1N. The number of anilines is 1. The molecule has 0 aliphatic rings. The zero-order valence-electron chi connectivity index (χ0n) is 11.5. The Labute approximate surface area is 110 Å². The van der Waals surface area contributed by atoms with Crippen LogP contribution in [0, 0.1) is 12.8 Å². The Morgan fingerprint density at radius 2 is 1.94 bits per heavy atom. The molecule has 0 radical (unpaired) electrons. The Morgan fingerprint density at radius 3 is 2.39 bits per heavy atom. The first kappa shape index (κ1) is 15.0. The molecule has 0 aliphatic heterocycles. The third-order valence-corrected chi connectivity index (χ3v) is 4.72. The number of nitrogens with two attached hydrogens (primary N) is 1. The molecule has 5 heteroatoms. The van der Waals surface area contributed by atoms with E-state index < -0.39 is 10.0 Å². The smallest absolute Gasteiger partial charge is 0.245 e. The molecule has 0 aromatic heterocycles. The van der Waals surface area contributed by atoms with Crippen molar-refractivity contribution in [3.63, 3.8) is 0 Å². The lowest BCUT2D eigenvalue weighted by Gasteiger charge is -2.23.